The lowest BCUT2D eigenvalue weighted by molar-refractivity contribution is -0.123. The lowest BCUT2D eigenvalue weighted by atomic mass is 10.4. The molecule has 0 aliphatic rings. The average molecular weight is 229 g/mol. The third-order valence-corrected chi connectivity index (χ3v) is 1.94. The summed E-state index contributed by atoms with van der Waals surface area (Å²) < 4.78 is 5.19. The van der Waals surface area contributed by atoms with Gasteiger partial charge in [0.1, 0.15) is 0 Å². The number of halogens is 1. The highest BCUT2D eigenvalue weighted by molar-refractivity contribution is 6.30. The molecule has 82 valence electrons. The molecule has 0 fully saturated rings. The standard InChI is InChI=1S/C10H13ClN2O2/c1-2-5-12-9(14)7-15-8-4-3-6-13-10(8)11/h3-4,6H,2,5,7H2,1H3,(H,12,14). The van der Waals surface area contributed by atoms with Gasteiger partial charge < -0.3 is 10.1 Å². The van der Waals surface area contributed by atoms with Crippen LogP contribution < -0.4 is 10.1 Å². The van der Waals surface area contributed by atoms with E-state index in [0.717, 1.165) is 6.42 Å². The summed E-state index contributed by atoms with van der Waals surface area (Å²) in [4.78, 5) is 15.0. The van der Waals surface area contributed by atoms with Crippen LogP contribution in [0.4, 0.5) is 0 Å². The number of hydrogen-bond acceptors (Lipinski definition) is 3. The fourth-order valence-electron chi connectivity index (χ4n) is 0.938. The van der Waals surface area contributed by atoms with Crippen LogP contribution in [0.3, 0.4) is 0 Å². The predicted molar refractivity (Wildman–Crippen MR) is 58.0 cm³/mol. The van der Waals surface area contributed by atoms with Gasteiger partial charge in [-0.05, 0) is 18.6 Å². The van der Waals surface area contributed by atoms with Crippen molar-refractivity contribution >= 4 is 17.5 Å². The van der Waals surface area contributed by atoms with Crippen molar-refractivity contribution < 1.29 is 9.53 Å². The number of nitrogens with zero attached hydrogens (tertiary/aromatic N) is 1. The predicted octanol–water partition coefficient (Wildman–Crippen LogP) is 1.64. The van der Waals surface area contributed by atoms with Gasteiger partial charge in [-0.25, -0.2) is 4.98 Å². The van der Waals surface area contributed by atoms with Crippen LogP contribution in [-0.4, -0.2) is 24.0 Å². The molecule has 0 spiro atoms. The third-order valence-electron chi connectivity index (χ3n) is 1.66. The number of carbonyl (C=O) groups is 1. The van der Waals surface area contributed by atoms with Gasteiger partial charge in [0.25, 0.3) is 5.91 Å². The molecule has 0 aliphatic carbocycles. The third kappa shape index (κ3) is 4.16. The highest BCUT2D eigenvalue weighted by Crippen LogP contribution is 2.19. The lowest BCUT2D eigenvalue weighted by Gasteiger charge is -2.06. The molecule has 1 aromatic heterocycles. The summed E-state index contributed by atoms with van der Waals surface area (Å²) in [5, 5.41) is 2.96. The van der Waals surface area contributed by atoms with Gasteiger partial charge >= 0.3 is 0 Å². The quantitative estimate of drug-likeness (QED) is 0.780. The highest BCUT2D eigenvalue weighted by Gasteiger charge is 2.04. The topological polar surface area (TPSA) is 51.2 Å². The smallest absolute Gasteiger partial charge is 0.257 e. The van der Waals surface area contributed by atoms with Gasteiger partial charge in [0.15, 0.2) is 17.5 Å². The molecular formula is C10H13ClN2O2. The molecule has 1 rings (SSSR count). The molecule has 0 aliphatic heterocycles. The minimum Gasteiger partial charge on any atom is -0.481 e. The Labute approximate surface area is 93.6 Å². The van der Waals surface area contributed by atoms with Gasteiger partial charge in [0.2, 0.25) is 0 Å². The normalized spacial score (nSPS) is 9.73. The Morgan fingerprint density at radius 2 is 2.47 bits per heavy atom. The van der Waals surface area contributed by atoms with E-state index in [0.29, 0.717) is 12.3 Å². The van der Waals surface area contributed by atoms with Gasteiger partial charge in [-0.1, -0.05) is 18.5 Å². The van der Waals surface area contributed by atoms with Crippen molar-refractivity contribution in [2.45, 2.75) is 13.3 Å². The summed E-state index contributed by atoms with van der Waals surface area (Å²) in [6, 6.07) is 3.37. The number of ether oxygens (including phenoxy) is 1. The second kappa shape index (κ2) is 6.24. The zero-order chi connectivity index (χ0) is 11.1. The molecule has 1 N–H and O–H groups in total. The van der Waals surface area contributed by atoms with Crippen molar-refractivity contribution in [1.82, 2.24) is 10.3 Å². The molecule has 1 amide bonds. The molecule has 0 saturated heterocycles. The van der Waals surface area contributed by atoms with Crippen molar-refractivity contribution in [3.05, 3.63) is 23.5 Å². The van der Waals surface area contributed by atoms with E-state index in [9.17, 15) is 4.79 Å². The van der Waals surface area contributed by atoms with Crippen LogP contribution in [0.5, 0.6) is 5.75 Å². The molecule has 4 nitrogen and oxygen atoms in total. The van der Waals surface area contributed by atoms with Crippen molar-refractivity contribution in [2.75, 3.05) is 13.2 Å². The van der Waals surface area contributed by atoms with Gasteiger partial charge in [-0.15, -0.1) is 0 Å². The second-order valence-corrected chi connectivity index (χ2v) is 3.29. The maximum absolute atomic E-state index is 11.2. The first kappa shape index (κ1) is 11.8. The van der Waals surface area contributed by atoms with E-state index in [1.54, 1.807) is 18.3 Å². The van der Waals surface area contributed by atoms with Gasteiger partial charge in [0, 0.05) is 12.7 Å². The molecule has 0 saturated carbocycles. The van der Waals surface area contributed by atoms with Crippen LogP contribution in [0, 0.1) is 0 Å². The van der Waals surface area contributed by atoms with Gasteiger partial charge in [-0.2, -0.15) is 0 Å². The van der Waals surface area contributed by atoms with Gasteiger partial charge in [0.05, 0.1) is 0 Å². The van der Waals surface area contributed by atoms with Crippen molar-refractivity contribution in [2.24, 2.45) is 0 Å². The Kier molecular flexibility index (Phi) is 4.90. The SMILES string of the molecule is CCCNC(=O)COc1cccnc1Cl. The summed E-state index contributed by atoms with van der Waals surface area (Å²) in [6.07, 6.45) is 2.46. The van der Waals surface area contributed by atoms with Crippen LogP contribution in [0.1, 0.15) is 13.3 Å². The molecule has 1 heterocycles. The highest BCUT2D eigenvalue weighted by atomic mass is 35.5. The molecule has 0 aromatic carbocycles. The van der Waals surface area contributed by atoms with Crippen LogP contribution in [0.15, 0.2) is 18.3 Å². The number of aromatic nitrogens is 1. The fourth-order valence-corrected chi connectivity index (χ4v) is 1.11. The zero-order valence-electron chi connectivity index (χ0n) is 8.50. The first-order valence-corrected chi connectivity index (χ1v) is 5.12. The Balaban J connectivity index is 2.37. The van der Waals surface area contributed by atoms with E-state index in [4.69, 9.17) is 16.3 Å². The fraction of sp³-hybridized carbons (Fsp3) is 0.400. The Hall–Kier alpha value is -1.29. The minimum absolute atomic E-state index is 0.0363. The molecule has 0 radical (unpaired) electrons. The summed E-state index contributed by atoms with van der Waals surface area (Å²) in [6.45, 7) is 2.60. The number of hydrogen-bond donors (Lipinski definition) is 1. The first-order chi connectivity index (χ1) is 7.24. The maximum Gasteiger partial charge on any atom is 0.257 e. The van der Waals surface area contributed by atoms with Crippen molar-refractivity contribution in [3.8, 4) is 5.75 Å². The zero-order valence-corrected chi connectivity index (χ0v) is 9.25. The number of pyridine rings is 1. The Morgan fingerprint density at radius 1 is 1.67 bits per heavy atom. The number of nitrogens with one attached hydrogen (secondary N) is 1. The molecule has 0 atom stereocenters. The summed E-state index contributed by atoms with van der Waals surface area (Å²) in [7, 11) is 0. The second-order valence-electron chi connectivity index (χ2n) is 2.93. The van der Waals surface area contributed by atoms with Crippen LogP contribution in [0.25, 0.3) is 0 Å². The van der Waals surface area contributed by atoms with Crippen LogP contribution in [-0.2, 0) is 4.79 Å². The number of amides is 1. The minimum atomic E-state index is -0.156. The van der Waals surface area contributed by atoms with Crippen molar-refractivity contribution in [3.63, 3.8) is 0 Å². The molecule has 0 unspecified atom stereocenters. The van der Waals surface area contributed by atoms with Crippen molar-refractivity contribution in [1.29, 1.82) is 0 Å². The maximum atomic E-state index is 11.2. The molecular weight excluding hydrogens is 216 g/mol. The lowest BCUT2D eigenvalue weighted by Crippen LogP contribution is -2.29. The number of rotatable bonds is 5. The largest absolute Gasteiger partial charge is 0.481 e. The van der Waals surface area contributed by atoms with Gasteiger partial charge in [-0.3, -0.25) is 4.79 Å². The summed E-state index contributed by atoms with van der Waals surface area (Å²) in [5.74, 6) is 0.266. The molecule has 5 heteroatoms. The van der Waals surface area contributed by atoms with E-state index in [2.05, 4.69) is 10.3 Å². The Morgan fingerprint density at radius 3 is 3.13 bits per heavy atom. The summed E-state index contributed by atoms with van der Waals surface area (Å²) in [5.41, 5.74) is 0. The molecule has 15 heavy (non-hydrogen) atoms. The summed E-state index contributed by atoms with van der Waals surface area (Å²) >= 11 is 5.74. The Bertz CT molecular complexity index is 331. The number of carbonyl (C=O) groups excluding carboxylic acids is 1. The molecule has 0 bridgehead atoms. The first-order valence-electron chi connectivity index (χ1n) is 4.74. The van der Waals surface area contributed by atoms with E-state index < -0.39 is 0 Å². The van der Waals surface area contributed by atoms with E-state index in [1.807, 2.05) is 6.92 Å². The molecule has 1 aromatic rings. The van der Waals surface area contributed by atoms with Crippen LogP contribution in [0.2, 0.25) is 5.15 Å². The van der Waals surface area contributed by atoms with E-state index in [-0.39, 0.29) is 17.7 Å². The monoisotopic (exact) mass is 228 g/mol. The van der Waals surface area contributed by atoms with Crippen LogP contribution >= 0.6 is 11.6 Å². The van der Waals surface area contributed by atoms with E-state index in [1.165, 1.54) is 0 Å². The average Bonchev–Trinajstić information content (AvgIpc) is 2.25. The van der Waals surface area contributed by atoms with E-state index >= 15 is 0 Å².